The molecular formula is C21H26N2O3S. The van der Waals surface area contributed by atoms with Crippen LogP contribution in [-0.4, -0.2) is 32.3 Å². The highest BCUT2D eigenvalue weighted by Gasteiger charge is 2.25. The van der Waals surface area contributed by atoms with Crippen molar-refractivity contribution in [2.75, 3.05) is 17.8 Å². The molecule has 2 aromatic carbocycles. The van der Waals surface area contributed by atoms with Gasteiger partial charge in [0.05, 0.1) is 4.90 Å². The highest BCUT2D eigenvalue weighted by atomic mass is 32.2. The van der Waals surface area contributed by atoms with Crippen molar-refractivity contribution in [3.63, 3.8) is 0 Å². The van der Waals surface area contributed by atoms with Gasteiger partial charge in [-0.15, -0.1) is 0 Å². The summed E-state index contributed by atoms with van der Waals surface area (Å²) in [4.78, 5) is 14.9. The lowest BCUT2D eigenvalue weighted by Crippen LogP contribution is -2.39. The smallest absolute Gasteiger partial charge is 0.261 e. The largest absolute Gasteiger partial charge is 0.338 e. The third-order valence-corrected chi connectivity index (χ3v) is 6.34. The number of likely N-dealkylation sites (tertiary alicyclic amines) is 1. The topological polar surface area (TPSA) is 66.5 Å². The second-order valence-corrected chi connectivity index (χ2v) is 9.13. The first-order valence-corrected chi connectivity index (χ1v) is 10.7. The van der Waals surface area contributed by atoms with E-state index < -0.39 is 10.0 Å². The molecule has 1 saturated heterocycles. The predicted molar refractivity (Wildman–Crippen MR) is 107 cm³/mol. The highest BCUT2D eigenvalue weighted by molar-refractivity contribution is 7.92. The van der Waals surface area contributed by atoms with Gasteiger partial charge in [-0.25, -0.2) is 8.42 Å². The number of aryl methyl sites for hydroxylation is 2. The van der Waals surface area contributed by atoms with Crippen LogP contribution < -0.4 is 4.72 Å². The van der Waals surface area contributed by atoms with Crippen LogP contribution in [0.2, 0.25) is 0 Å². The minimum absolute atomic E-state index is 0.0911. The maximum atomic E-state index is 13.0. The zero-order valence-electron chi connectivity index (χ0n) is 16.0. The van der Waals surface area contributed by atoms with Crippen LogP contribution >= 0.6 is 0 Å². The minimum atomic E-state index is -3.77. The van der Waals surface area contributed by atoms with Gasteiger partial charge in [-0.2, -0.15) is 0 Å². The number of nitrogens with zero attached hydrogens (tertiary/aromatic N) is 1. The molecule has 1 aliphatic rings. The average Bonchev–Trinajstić information content (AvgIpc) is 2.61. The van der Waals surface area contributed by atoms with Crippen LogP contribution in [0.1, 0.15) is 41.3 Å². The number of anilines is 1. The Labute approximate surface area is 161 Å². The number of sulfonamides is 1. The number of hydrogen-bond donors (Lipinski definition) is 1. The Morgan fingerprint density at radius 1 is 1.15 bits per heavy atom. The van der Waals surface area contributed by atoms with Crippen LogP contribution in [0.25, 0.3) is 0 Å². The maximum Gasteiger partial charge on any atom is 0.261 e. The van der Waals surface area contributed by atoms with Gasteiger partial charge >= 0.3 is 0 Å². The number of nitrogens with one attached hydrogen (secondary N) is 1. The Morgan fingerprint density at radius 3 is 2.63 bits per heavy atom. The van der Waals surface area contributed by atoms with Crippen molar-refractivity contribution in [3.05, 3.63) is 59.2 Å². The molecule has 1 aliphatic heterocycles. The van der Waals surface area contributed by atoms with Gasteiger partial charge < -0.3 is 4.90 Å². The van der Waals surface area contributed by atoms with Gasteiger partial charge in [-0.3, -0.25) is 9.52 Å². The SMILES string of the molecule is Cc1cccc(NS(=O)(=O)c2ccc(C)c(C(=O)N3CCCC(C)C3)c2)c1. The van der Waals surface area contributed by atoms with E-state index in [0.717, 1.165) is 37.1 Å². The molecule has 0 aliphatic carbocycles. The van der Waals surface area contributed by atoms with Gasteiger partial charge in [0.25, 0.3) is 15.9 Å². The molecule has 144 valence electrons. The number of carbonyl (C=O) groups is 1. The van der Waals surface area contributed by atoms with E-state index in [4.69, 9.17) is 0 Å². The molecule has 1 amide bonds. The van der Waals surface area contributed by atoms with E-state index >= 15 is 0 Å². The maximum absolute atomic E-state index is 13.0. The normalized spacial score (nSPS) is 17.6. The summed E-state index contributed by atoms with van der Waals surface area (Å²) < 4.78 is 28.2. The van der Waals surface area contributed by atoms with Crippen molar-refractivity contribution in [2.45, 2.75) is 38.5 Å². The molecule has 1 unspecified atom stereocenters. The summed E-state index contributed by atoms with van der Waals surface area (Å²) in [5.74, 6) is 0.379. The lowest BCUT2D eigenvalue weighted by atomic mass is 9.99. The van der Waals surface area contributed by atoms with E-state index in [-0.39, 0.29) is 10.8 Å². The van der Waals surface area contributed by atoms with Crippen LogP contribution in [0.15, 0.2) is 47.4 Å². The fourth-order valence-corrected chi connectivity index (χ4v) is 4.54. The molecule has 1 fully saturated rings. The lowest BCUT2D eigenvalue weighted by Gasteiger charge is -2.31. The second-order valence-electron chi connectivity index (χ2n) is 7.45. The van der Waals surface area contributed by atoms with E-state index in [9.17, 15) is 13.2 Å². The van der Waals surface area contributed by atoms with Crippen molar-refractivity contribution in [2.24, 2.45) is 5.92 Å². The van der Waals surface area contributed by atoms with Gasteiger partial charge in [-0.05, 0) is 68.0 Å². The predicted octanol–water partition coefficient (Wildman–Crippen LogP) is 3.98. The molecule has 1 N–H and O–H groups in total. The number of benzene rings is 2. The van der Waals surface area contributed by atoms with Gasteiger partial charge in [-0.1, -0.05) is 25.1 Å². The molecule has 1 heterocycles. The highest BCUT2D eigenvalue weighted by Crippen LogP contribution is 2.23. The van der Waals surface area contributed by atoms with Crippen molar-refractivity contribution in [1.29, 1.82) is 0 Å². The van der Waals surface area contributed by atoms with Crippen LogP contribution in [0.3, 0.4) is 0 Å². The van der Waals surface area contributed by atoms with Crippen molar-refractivity contribution in [3.8, 4) is 0 Å². The van der Waals surface area contributed by atoms with E-state index in [1.165, 1.54) is 6.07 Å². The Hall–Kier alpha value is -2.34. The van der Waals surface area contributed by atoms with Gasteiger partial charge in [0.2, 0.25) is 0 Å². The van der Waals surface area contributed by atoms with Crippen molar-refractivity contribution < 1.29 is 13.2 Å². The monoisotopic (exact) mass is 386 g/mol. The van der Waals surface area contributed by atoms with Crippen molar-refractivity contribution >= 4 is 21.6 Å². The molecule has 3 rings (SSSR count). The Kier molecular flexibility index (Phi) is 5.56. The molecule has 0 saturated carbocycles. The lowest BCUT2D eigenvalue weighted by molar-refractivity contribution is 0.0682. The molecule has 0 radical (unpaired) electrons. The molecular weight excluding hydrogens is 360 g/mol. The van der Waals surface area contributed by atoms with Crippen LogP contribution in [-0.2, 0) is 10.0 Å². The molecule has 27 heavy (non-hydrogen) atoms. The molecule has 0 bridgehead atoms. The van der Waals surface area contributed by atoms with Crippen LogP contribution in [0, 0.1) is 19.8 Å². The summed E-state index contributed by atoms with van der Waals surface area (Å²) >= 11 is 0. The zero-order chi connectivity index (χ0) is 19.6. The zero-order valence-corrected chi connectivity index (χ0v) is 16.8. The van der Waals surface area contributed by atoms with Gasteiger partial charge in [0.15, 0.2) is 0 Å². The summed E-state index contributed by atoms with van der Waals surface area (Å²) in [7, 11) is -3.77. The fourth-order valence-electron chi connectivity index (χ4n) is 3.47. The first-order valence-electron chi connectivity index (χ1n) is 9.26. The quantitative estimate of drug-likeness (QED) is 0.864. The summed E-state index contributed by atoms with van der Waals surface area (Å²) in [6.45, 7) is 7.32. The number of piperidine rings is 1. The summed E-state index contributed by atoms with van der Waals surface area (Å²) in [6.07, 6.45) is 2.11. The average molecular weight is 387 g/mol. The Balaban J connectivity index is 1.89. The van der Waals surface area contributed by atoms with E-state index in [2.05, 4.69) is 11.6 Å². The second kappa shape index (κ2) is 7.72. The number of carbonyl (C=O) groups excluding carboxylic acids is 1. The molecule has 1 atom stereocenters. The standard InChI is InChI=1S/C21H26N2O3S/c1-15-6-4-8-18(12-15)22-27(25,26)19-10-9-17(3)20(13-19)21(24)23-11-5-7-16(2)14-23/h4,6,8-10,12-13,16,22H,5,7,11,14H2,1-3H3. The van der Waals surface area contributed by atoms with Crippen molar-refractivity contribution in [1.82, 2.24) is 4.90 Å². The van der Waals surface area contributed by atoms with E-state index in [1.807, 2.05) is 24.8 Å². The summed E-state index contributed by atoms with van der Waals surface area (Å²) in [5.41, 5.74) is 2.71. The first kappa shape index (κ1) is 19.4. The molecule has 6 heteroatoms. The van der Waals surface area contributed by atoms with Gasteiger partial charge in [0, 0.05) is 24.3 Å². The Morgan fingerprint density at radius 2 is 1.93 bits per heavy atom. The minimum Gasteiger partial charge on any atom is -0.338 e. The molecule has 5 nitrogen and oxygen atoms in total. The summed E-state index contributed by atoms with van der Waals surface area (Å²) in [5, 5.41) is 0. The van der Waals surface area contributed by atoms with Gasteiger partial charge in [0.1, 0.15) is 0 Å². The Bertz CT molecular complexity index is 954. The third-order valence-electron chi connectivity index (χ3n) is 4.96. The van der Waals surface area contributed by atoms with E-state index in [1.54, 1.807) is 30.3 Å². The number of amides is 1. The molecule has 0 aromatic heterocycles. The van der Waals surface area contributed by atoms with Crippen LogP contribution in [0.5, 0.6) is 0 Å². The van der Waals surface area contributed by atoms with Crippen LogP contribution in [0.4, 0.5) is 5.69 Å². The molecule has 2 aromatic rings. The van der Waals surface area contributed by atoms with E-state index in [0.29, 0.717) is 17.2 Å². The third kappa shape index (κ3) is 4.50. The summed E-state index contributed by atoms with van der Waals surface area (Å²) in [6, 6.07) is 11.9. The molecule has 0 spiro atoms. The number of hydrogen-bond acceptors (Lipinski definition) is 3. The first-order chi connectivity index (χ1) is 12.8. The fraction of sp³-hybridized carbons (Fsp3) is 0.381. The number of rotatable bonds is 4.